The molecule has 0 heterocycles. The molecule has 4 heteroatoms. The standard InChI is InChI=1S/C34H28O2P2/c1-2-28-23-25-29(26-24-28)34(38(36,32-19-11-5-12-20-32)33-21-13-6-14-22-33)27-37(35,30-15-7-3-8-16-30)31-17-9-4-10-18-31/h1,3-26,34H,27H2. The van der Waals surface area contributed by atoms with Gasteiger partial charge in [-0.1, -0.05) is 139 Å². The fraction of sp³-hybridized carbons (Fsp3) is 0.0588. The second-order valence-electron chi connectivity index (χ2n) is 9.20. The fourth-order valence-corrected chi connectivity index (χ4v) is 12.2. The molecular weight excluding hydrogens is 502 g/mol. The van der Waals surface area contributed by atoms with Crippen molar-refractivity contribution in [3.05, 3.63) is 157 Å². The van der Waals surface area contributed by atoms with Gasteiger partial charge in [-0.3, -0.25) is 0 Å². The van der Waals surface area contributed by atoms with Gasteiger partial charge >= 0.3 is 0 Å². The summed E-state index contributed by atoms with van der Waals surface area (Å²) in [6.07, 6.45) is 5.85. The van der Waals surface area contributed by atoms with Crippen LogP contribution in [0.1, 0.15) is 16.8 Å². The van der Waals surface area contributed by atoms with Gasteiger partial charge in [0.2, 0.25) is 0 Å². The average molecular weight is 531 g/mol. The van der Waals surface area contributed by atoms with Crippen LogP contribution in [-0.2, 0) is 9.13 Å². The van der Waals surface area contributed by atoms with Crippen LogP contribution >= 0.6 is 14.3 Å². The molecule has 0 N–H and O–H groups in total. The largest absolute Gasteiger partial charge is 0.314 e. The summed E-state index contributed by atoms with van der Waals surface area (Å²) in [5.41, 5.74) is 1.05. The lowest BCUT2D eigenvalue weighted by molar-refractivity contribution is 0.574. The van der Waals surface area contributed by atoms with Crippen molar-refractivity contribution in [2.45, 2.75) is 5.66 Å². The van der Waals surface area contributed by atoms with E-state index in [1.54, 1.807) is 0 Å². The van der Waals surface area contributed by atoms with E-state index in [2.05, 4.69) is 5.92 Å². The normalized spacial score (nSPS) is 12.4. The molecule has 2 nitrogen and oxygen atoms in total. The number of hydrogen-bond donors (Lipinski definition) is 0. The Bertz CT molecular complexity index is 1540. The van der Waals surface area contributed by atoms with Gasteiger partial charge in [-0.2, -0.15) is 0 Å². The number of terminal acetylenes is 1. The van der Waals surface area contributed by atoms with Crippen LogP contribution in [0.15, 0.2) is 146 Å². The van der Waals surface area contributed by atoms with Gasteiger partial charge in [0.1, 0.15) is 7.14 Å². The summed E-state index contributed by atoms with van der Waals surface area (Å²) in [5, 5.41) is 2.99. The minimum Gasteiger partial charge on any atom is -0.314 e. The third-order valence-electron chi connectivity index (χ3n) is 6.96. The van der Waals surface area contributed by atoms with Crippen molar-refractivity contribution in [2.75, 3.05) is 6.16 Å². The monoisotopic (exact) mass is 530 g/mol. The van der Waals surface area contributed by atoms with Crippen LogP contribution in [0.25, 0.3) is 0 Å². The quantitative estimate of drug-likeness (QED) is 0.165. The molecule has 5 aromatic rings. The third kappa shape index (κ3) is 4.97. The summed E-state index contributed by atoms with van der Waals surface area (Å²) in [6.45, 7) is 0. The molecule has 0 radical (unpaired) electrons. The maximum absolute atomic E-state index is 15.7. The highest BCUT2D eigenvalue weighted by Gasteiger charge is 2.43. The first kappa shape index (κ1) is 25.8. The third-order valence-corrected chi connectivity index (χ3v) is 13.9. The molecule has 0 saturated heterocycles. The van der Waals surface area contributed by atoms with Crippen LogP contribution in [0.4, 0.5) is 0 Å². The lowest BCUT2D eigenvalue weighted by atomic mass is 10.1. The minimum atomic E-state index is -3.34. The van der Waals surface area contributed by atoms with E-state index in [-0.39, 0.29) is 6.16 Å². The predicted molar refractivity (Wildman–Crippen MR) is 162 cm³/mol. The summed E-state index contributed by atoms with van der Waals surface area (Å²) >= 11 is 0. The van der Waals surface area contributed by atoms with E-state index in [1.165, 1.54) is 0 Å². The second-order valence-corrected chi connectivity index (χ2v) is 15.1. The molecule has 0 spiro atoms. The van der Waals surface area contributed by atoms with Crippen molar-refractivity contribution in [3.63, 3.8) is 0 Å². The lowest BCUT2D eigenvalue weighted by Crippen LogP contribution is -2.27. The van der Waals surface area contributed by atoms with Gasteiger partial charge in [-0.05, 0) is 17.7 Å². The zero-order valence-corrected chi connectivity index (χ0v) is 22.7. The topological polar surface area (TPSA) is 34.1 Å². The Hall–Kier alpha value is -3.88. The average Bonchev–Trinajstić information content (AvgIpc) is 3.01. The number of hydrogen-bond acceptors (Lipinski definition) is 2. The highest BCUT2D eigenvalue weighted by molar-refractivity contribution is 7.82. The Labute approximate surface area is 225 Å². The minimum absolute atomic E-state index is 0.206. The Morgan fingerprint density at radius 3 is 1.26 bits per heavy atom. The van der Waals surface area contributed by atoms with E-state index in [1.807, 2.05) is 146 Å². The van der Waals surface area contributed by atoms with Crippen molar-refractivity contribution < 1.29 is 9.13 Å². The van der Waals surface area contributed by atoms with Crippen LogP contribution in [-0.4, -0.2) is 6.16 Å². The molecule has 186 valence electrons. The Balaban J connectivity index is 1.79. The van der Waals surface area contributed by atoms with Crippen LogP contribution in [0, 0.1) is 12.3 Å². The molecule has 0 aliphatic heterocycles. The molecule has 0 aliphatic rings. The molecule has 0 amide bonds. The SMILES string of the molecule is C#Cc1ccc(C(CP(=O)(c2ccccc2)c2ccccc2)P(=O)(c2ccccc2)c2ccccc2)cc1. The summed E-state index contributed by atoms with van der Waals surface area (Å²) in [6, 6.07) is 46.0. The van der Waals surface area contributed by atoms with Crippen LogP contribution < -0.4 is 21.2 Å². The van der Waals surface area contributed by atoms with Crippen LogP contribution in [0.2, 0.25) is 0 Å². The summed E-state index contributed by atoms with van der Waals surface area (Å²) < 4.78 is 30.9. The molecule has 5 rings (SSSR count). The zero-order chi connectivity index (χ0) is 26.4. The van der Waals surface area contributed by atoms with Gasteiger partial charge in [0.05, 0.1) is 5.66 Å². The van der Waals surface area contributed by atoms with Gasteiger partial charge < -0.3 is 9.13 Å². The van der Waals surface area contributed by atoms with E-state index < -0.39 is 19.9 Å². The lowest BCUT2D eigenvalue weighted by Gasteiger charge is -2.32. The number of benzene rings is 5. The molecular formula is C34H28O2P2. The van der Waals surface area contributed by atoms with Gasteiger partial charge in [0.25, 0.3) is 0 Å². The predicted octanol–water partition coefficient (Wildman–Crippen LogP) is 6.74. The Morgan fingerprint density at radius 1 is 0.526 bits per heavy atom. The van der Waals surface area contributed by atoms with Gasteiger partial charge in [-0.15, -0.1) is 6.42 Å². The van der Waals surface area contributed by atoms with Crippen molar-refractivity contribution in [3.8, 4) is 12.3 Å². The summed E-state index contributed by atoms with van der Waals surface area (Å²) in [4.78, 5) is 0. The Morgan fingerprint density at radius 2 is 0.895 bits per heavy atom. The van der Waals surface area contributed by atoms with Gasteiger partial charge in [0.15, 0.2) is 7.14 Å². The van der Waals surface area contributed by atoms with E-state index in [9.17, 15) is 0 Å². The van der Waals surface area contributed by atoms with Crippen LogP contribution in [0.3, 0.4) is 0 Å². The zero-order valence-electron chi connectivity index (χ0n) is 20.9. The highest BCUT2D eigenvalue weighted by atomic mass is 31.2. The van der Waals surface area contributed by atoms with Gasteiger partial charge in [-0.25, -0.2) is 0 Å². The van der Waals surface area contributed by atoms with Crippen molar-refractivity contribution in [1.82, 2.24) is 0 Å². The molecule has 0 bridgehead atoms. The highest BCUT2D eigenvalue weighted by Crippen LogP contribution is 2.62. The van der Waals surface area contributed by atoms with Crippen molar-refractivity contribution in [2.24, 2.45) is 0 Å². The fourth-order valence-electron chi connectivity index (χ4n) is 4.98. The molecule has 0 saturated carbocycles. The van der Waals surface area contributed by atoms with Crippen LogP contribution in [0.5, 0.6) is 0 Å². The van der Waals surface area contributed by atoms with E-state index in [0.717, 1.165) is 32.3 Å². The van der Waals surface area contributed by atoms with E-state index in [4.69, 9.17) is 6.42 Å². The molecule has 0 aromatic heterocycles. The van der Waals surface area contributed by atoms with Gasteiger partial charge in [0, 0.05) is 32.9 Å². The first-order valence-electron chi connectivity index (χ1n) is 12.5. The number of rotatable bonds is 8. The summed E-state index contributed by atoms with van der Waals surface area (Å²) in [5.74, 6) is 2.67. The Kier molecular flexibility index (Phi) is 7.62. The molecule has 38 heavy (non-hydrogen) atoms. The molecule has 5 aromatic carbocycles. The molecule has 0 fully saturated rings. The van der Waals surface area contributed by atoms with Crippen molar-refractivity contribution in [1.29, 1.82) is 0 Å². The van der Waals surface area contributed by atoms with E-state index >= 15 is 9.13 Å². The molecule has 0 aliphatic carbocycles. The maximum atomic E-state index is 15.7. The molecule has 1 unspecified atom stereocenters. The first-order chi connectivity index (χ1) is 18.6. The first-order valence-corrected chi connectivity index (χ1v) is 16.2. The second kappa shape index (κ2) is 11.2. The summed E-state index contributed by atoms with van der Waals surface area (Å²) in [7, 11) is -6.56. The smallest absolute Gasteiger partial charge is 0.150 e. The maximum Gasteiger partial charge on any atom is 0.150 e. The van der Waals surface area contributed by atoms with Crippen molar-refractivity contribution >= 4 is 35.5 Å². The van der Waals surface area contributed by atoms with E-state index in [0.29, 0.717) is 0 Å². The molecule has 1 atom stereocenters.